The molecule has 9 nitrogen and oxygen atoms in total. The molecule has 0 aliphatic carbocycles. The average Bonchev–Trinajstić information content (AvgIpc) is 2.61. The second-order valence-electron chi connectivity index (χ2n) is 6.60. The molecule has 0 radical (unpaired) electrons. The molecule has 1 aromatic heterocycles. The van der Waals surface area contributed by atoms with Crippen LogP contribution in [0, 0.1) is 0 Å². The first kappa shape index (κ1) is 22.4. The lowest BCUT2D eigenvalue weighted by Gasteiger charge is -2.19. The molecule has 0 fully saturated rings. The van der Waals surface area contributed by atoms with Crippen LogP contribution < -0.4 is 25.8 Å². The molecule has 1 aromatic rings. The van der Waals surface area contributed by atoms with Crippen LogP contribution in [0.1, 0.15) is 26.2 Å². The Morgan fingerprint density at radius 3 is 2.33 bits per heavy atom. The fourth-order valence-corrected chi connectivity index (χ4v) is 2.40. The van der Waals surface area contributed by atoms with Gasteiger partial charge in [-0.1, -0.05) is 0 Å². The van der Waals surface area contributed by atoms with Crippen molar-refractivity contribution in [3.05, 3.63) is 24.5 Å². The van der Waals surface area contributed by atoms with E-state index in [1.54, 1.807) is 17.0 Å². The highest BCUT2D eigenvalue weighted by Gasteiger charge is 2.25. The Bertz CT molecular complexity index is 633. The molecule has 0 aromatic carbocycles. The molecule has 0 saturated heterocycles. The number of nitrogens with one attached hydrogen (secondary N) is 2. The highest BCUT2D eigenvalue weighted by molar-refractivity contribution is 5.89. The Hall–Kier alpha value is -2.68. The Labute approximate surface area is 159 Å². The predicted molar refractivity (Wildman–Crippen MR) is 101 cm³/mol. The molecule has 2 amide bonds. The monoisotopic (exact) mass is 380 g/mol. The largest absolute Gasteiger partial charge is 0.480 e. The van der Waals surface area contributed by atoms with Gasteiger partial charge < -0.3 is 26.4 Å². The number of aromatic nitrogens is 1. The van der Waals surface area contributed by atoms with Gasteiger partial charge in [0.2, 0.25) is 12.5 Å². The zero-order valence-corrected chi connectivity index (χ0v) is 16.1. The molecule has 0 unspecified atom stereocenters. The van der Waals surface area contributed by atoms with Crippen LogP contribution in [0.5, 0.6) is 0 Å². The highest BCUT2D eigenvalue weighted by atomic mass is 16.4. The van der Waals surface area contributed by atoms with Gasteiger partial charge in [-0.3, -0.25) is 14.4 Å². The lowest BCUT2D eigenvalue weighted by atomic mass is 10.1. The summed E-state index contributed by atoms with van der Waals surface area (Å²) in [5, 5.41) is 14.0. The molecule has 0 spiro atoms. The minimum atomic E-state index is -1.13. The van der Waals surface area contributed by atoms with Crippen LogP contribution in [0.2, 0.25) is 0 Å². The maximum atomic E-state index is 12.3. The second-order valence-corrected chi connectivity index (χ2v) is 6.60. The number of aliphatic carboxylic acids is 1. The fourth-order valence-electron chi connectivity index (χ4n) is 2.40. The van der Waals surface area contributed by atoms with Crippen LogP contribution in [0.25, 0.3) is 0 Å². The van der Waals surface area contributed by atoms with Gasteiger partial charge in [0, 0.05) is 31.9 Å². The minimum Gasteiger partial charge on any atom is -0.480 e. The number of rotatable bonds is 11. The lowest BCUT2D eigenvalue weighted by Crippen LogP contribution is -2.53. The van der Waals surface area contributed by atoms with Crippen LogP contribution in [-0.4, -0.2) is 55.6 Å². The Kier molecular flexibility index (Phi) is 9.21. The normalized spacial score (nSPS) is 12.7. The van der Waals surface area contributed by atoms with Crippen LogP contribution >= 0.6 is 0 Å². The van der Waals surface area contributed by atoms with Crippen molar-refractivity contribution in [2.75, 3.05) is 25.5 Å². The van der Waals surface area contributed by atoms with E-state index in [0.29, 0.717) is 19.4 Å². The van der Waals surface area contributed by atoms with Crippen molar-refractivity contribution in [1.29, 1.82) is 0 Å². The average molecular weight is 380 g/mol. The number of pyridine rings is 1. The first-order valence-electron chi connectivity index (χ1n) is 8.93. The van der Waals surface area contributed by atoms with Gasteiger partial charge in [0.05, 0.1) is 0 Å². The van der Waals surface area contributed by atoms with E-state index in [9.17, 15) is 14.4 Å². The van der Waals surface area contributed by atoms with E-state index in [-0.39, 0.29) is 12.5 Å². The van der Waals surface area contributed by atoms with Crippen LogP contribution in [0.15, 0.2) is 24.5 Å². The number of carbonyl (C=O) groups excluding carboxylic acids is 2. The first-order valence-corrected chi connectivity index (χ1v) is 8.93. The summed E-state index contributed by atoms with van der Waals surface area (Å²) in [5.74, 6) is -1.97. The number of nitrogens with zero attached hydrogens (tertiary/aromatic N) is 2. The number of amides is 2. The summed E-state index contributed by atoms with van der Waals surface area (Å²) in [5.41, 5.74) is 6.48. The van der Waals surface area contributed by atoms with E-state index in [1.807, 2.05) is 31.1 Å². The number of carbonyl (C=O) groups is 3. The summed E-state index contributed by atoms with van der Waals surface area (Å²) in [4.78, 5) is 37.5. The van der Waals surface area contributed by atoms with Gasteiger partial charge in [-0.2, -0.15) is 4.57 Å². The molecule has 27 heavy (non-hydrogen) atoms. The smallest absolute Gasteiger partial charge is 0.325 e. The van der Waals surface area contributed by atoms with E-state index in [0.717, 1.165) is 12.1 Å². The summed E-state index contributed by atoms with van der Waals surface area (Å²) in [6, 6.07) is 1.94. The van der Waals surface area contributed by atoms with Crippen molar-refractivity contribution in [1.82, 2.24) is 10.6 Å². The number of hydrogen-bond donors (Lipinski definition) is 4. The van der Waals surface area contributed by atoms with Crippen LogP contribution in [0.3, 0.4) is 0 Å². The van der Waals surface area contributed by atoms with Crippen molar-refractivity contribution in [2.45, 2.75) is 44.8 Å². The zero-order valence-electron chi connectivity index (χ0n) is 16.1. The molecule has 2 atom stereocenters. The van der Waals surface area contributed by atoms with Gasteiger partial charge in [0.15, 0.2) is 12.4 Å². The quantitative estimate of drug-likeness (QED) is 0.295. The molecule has 0 aliphatic heterocycles. The first-order chi connectivity index (χ1) is 12.7. The predicted octanol–water partition coefficient (Wildman–Crippen LogP) is -0.757. The summed E-state index contributed by atoms with van der Waals surface area (Å²) in [6.07, 6.45) is 5.33. The third-order valence-corrected chi connectivity index (χ3v) is 4.04. The number of hydrogen-bond acceptors (Lipinski definition) is 5. The Morgan fingerprint density at radius 2 is 1.81 bits per heavy atom. The molecule has 5 N–H and O–H groups in total. The highest BCUT2D eigenvalue weighted by Crippen LogP contribution is 2.06. The van der Waals surface area contributed by atoms with Gasteiger partial charge >= 0.3 is 5.97 Å². The van der Waals surface area contributed by atoms with Crippen LogP contribution in [-0.2, 0) is 20.9 Å². The number of unbranched alkanes of at least 4 members (excludes halogenated alkanes) is 1. The lowest BCUT2D eigenvalue weighted by molar-refractivity contribution is -0.684. The minimum absolute atomic E-state index is 0.0584. The topological polar surface area (TPSA) is 129 Å². The number of anilines is 1. The standard InChI is InChI=1S/C18H29N5O4/c1-13(18(26)27)20-17(25)15(6-4-5-9-19)21-16(24)12-23-10-7-14(8-11-23)22(2)3/h7-8,10-11,13,15H,4-6,9,12,19H2,1-3H3,(H2-,20,21,24,25,26,27)/p+1/t13-,15-/m0/s1. The SMILES string of the molecule is C[C@H](NC(=O)[C@H](CCCCN)NC(=O)C[n+]1ccc(N(C)C)cc1)C(=O)O. The van der Waals surface area contributed by atoms with Crippen molar-refractivity contribution in [2.24, 2.45) is 5.73 Å². The molecule has 0 aliphatic rings. The molecular weight excluding hydrogens is 350 g/mol. The Morgan fingerprint density at radius 1 is 1.19 bits per heavy atom. The maximum Gasteiger partial charge on any atom is 0.325 e. The number of nitrogens with two attached hydrogens (primary N) is 1. The molecule has 0 bridgehead atoms. The molecule has 0 saturated carbocycles. The van der Waals surface area contributed by atoms with Crippen molar-refractivity contribution in [3.8, 4) is 0 Å². The third kappa shape index (κ3) is 8.04. The summed E-state index contributed by atoms with van der Waals surface area (Å²) in [6.45, 7) is 1.92. The summed E-state index contributed by atoms with van der Waals surface area (Å²) in [7, 11) is 3.85. The third-order valence-electron chi connectivity index (χ3n) is 4.04. The fraction of sp³-hybridized carbons (Fsp3) is 0.556. The molecule has 9 heteroatoms. The van der Waals surface area contributed by atoms with Crippen molar-refractivity contribution in [3.63, 3.8) is 0 Å². The van der Waals surface area contributed by atoms with E-state index < -0.39 is 24.0 Å². The van der Waals surface area contributed by atoms with Gasteiger partial charge in [-0.05, 0) is 32.7 Å². The zero-order chi connectivity index (χ0) is 20.4. The molecule has 1 heterocycles. The van der Waals surface area contributed by atoms with E-state index >= 15 is 0 Å². The van der Waals surface area contributed by atoms with E-state index in [4.69, 9.17) is 10.8 Å². The van der Waals surface area contributed by atoms with Gasteiger partial charge in [-0.15, -0.1) is 0 Å². The van der Waals surface area contributed by atoms with Gasteiger partial charge in [0.1, 0.15) is 12.1 Å². The molecule has 1 rings (SSSR count). The number of carboxylic acids is 1. The maximum absolute atomic E-state index is 12.3. The molecular formula is C18H30N5O4+. The second kappa shape index (κ2) is 11.1. The van der Waals surface area contributed by atoms with Crippen molar-refractivity contribution >= 4 is 23.5 Å². The van der Waals surface area contributed by atoms with Gasteiger partial charge in [-0.25, -0.2) is 0 Å². The molecule has 150 valence electrons. The van der Waals surface area contributed by atoms with Crippen molar-refractivity contribution < 1.29 is 24.1 Å². The number of carboxylic acid groups (broad SMARTS) is 1. The van der Waals surface area contributed by atoms with E-state index in [1.165, 1.54) is 6.92 Å². The summed E-state index contributed by atoms with van der Waals surface area (Å²) >= 11 is 0. The Balaban J connectivity index is 2.70. The van der Waals surface area contributed by atoms with Crippen LogP contribution in [0.4, 0.5) is 5.69 Å². The van der Waals surface area contributed by atoms with Gasteiger partial charge in [0.25, 0.3) is 5.91 Å². The summed E-state index contributed by atoms with van der Waals surface area (Å²) < 4.78 is 1.71. The van der Waals surface area contributed by atoms with E-state index in [2.05, 4.69) is 10.6 Å².